The van der Waals surface area contributed by atoms with Crippen molar-refractivity contribution in [3.8, 4) is 17.4 Å². The topological polar surface area (TPSA) is 74.9 Å². The summed E-state index contributed by atoms with van der Waals surface area (Å²) in [5, 5.41) is 21.2. The van der Waals surface area contributed by atoms with Gasteiger partial charge in [-0.25, -0.2) is 5.06 Å². The second kappa shape index (κ2) is 5.47. The number of nitrogens with zero attached hydrogens (tertiary/aromatic N) is 2. The Morgan fingerprint density at radius 2 is 1.87 bits per heavy atom. The highest BCUT2D eigenvalue weighted by Crippen LogP contribution is 2.32. The van der Waals surface area contributed by atoms with Crippen molar-refractivity contribution < 1.29 is 19.8 Å². The van der Waals surface area contributed by atoms with E-state index in [0.29, 0.717) is 22.9 Å². The Morgan fingerprint density at radius 3 is 2.39 bits per heavy atom. The van der Waals surface area contributed by atoms with Crippen LogP contribution in [-0.2, 0) is 16.2 Å². The van der Waals surface area contributed by atoms with E-state index < -0.39 is 5.41 Å². The van der Waals surface area contributed by atoms with Gasteiger partial charge in [-0.1, -0.05) is 17.7 Å². The Kier molecular flexibility index (Phi) is 3.74. The molecule has 2 heterocycles. The molecule has 0 atom stereocenters. The first kappa shape index (κ1) is 15.7. The monoisotopic (exact) mass is 336 g/mol. The Balaban J connectivity index is 1.85. The van der Waals surface area contributed by atoms with E-state index in [1.807, 2.05) is 13.8 Å². The van der Waals surface area contributed by atoms with Crippen molar-refractivity contribution in [2.75, 3.05) is 6.61 Å². The fourth-order valence-electron chi connectivity index (χ4n) is 2.45. The lowest BCUT2D eigenvalue weighted by Crippen LogP contribution is -2.30. The SMILES string of the molecule is CC1(C)CON(Cc2ccc(-n3c(O)ccc3O)cc2Cl)C1=O. The largest absolute Gasteiger partial charge is 0.494 e. The third-order valence-corrected chi connectivity index (χ3v) is 4.19. The highest BCUT2D eigenvalue weighted by Gasteiger charge is 2.40. The number of carbonyl (C=O) groups is 1. The summed E-state index contributed by atoms with van der Waals surface area (Å²) in [6, 6.07) is 7.82. The van der Waals surface area contributed by atoms with Gasteiger partial charge in [0.15, 0.2) is 11.8 Å². The number of aromatic nitrogens is 1. The molecule has 1 aliphatic rings. The van der Waals surface area contributed by atoms with E-state index in [2.05, 4.69) is 0 Å². The Labute approximate surface area is 138 Å². The summed E-state index contributed by atoms with van der Waals surface area (Å²) in [5.41, 5.74) is 0.704. The van der Waals surface area contributed by atoms with Gasteiger partial charge in [0.1, 0.15) is 0 Å². The molecule has 0 unspecified atom stereocenters. The van der Waals surface area contributed by atoms with E-state index in [1.165, 1.54) is 21.8 Å². The first-order valence-corrected chi connectivity index (χ1v) is 7.51. The van der Waals surface area contributed by atoms with E-state index in [9.17, 15) is 15.0 Å². The number of hydrogen-bond acceptors (Lipinski definition) is 4. The van der Waals surface area contributed by atoms with Gasteiger partial charge in [0.05, 0.1) is 24.3 Å². The van der Waals surface area contributed by atoms with Crippen molar-refractivity contribution in [1.29, 1.82) is 0 Å². The summed E-state index contributed by atoms with van der Waals surface area (Å²) in [5.74, 6) is -0.268. The number of hydrogen-bond donors (Lipinski definition) is 2. The van der Waals surface area contributed by atoms with Crippen molar-refractivity contribution in [1.82, 2.24) is 9.63 Å². The molecule has 0 bridgehead atoms. The molecule has 1 saturated heterocycles. The molecular formula is C16H17ClN2O4. The first-order valence-electron chi connectivity index (χ1n) is 7.13. The fraction of sp³-hybridized carbons (Fsp3) is 0.312. The maximum Gasteiger partial charge on any atom is 0.254 e. The summed E-state index contributed by atoms with van der Waals surface area (Å²) >= 11 is 6.28. The molecule has 1 aliphatic heterocycles. The average Bonchev–Trinajstić information content (AvgIpc) is 2.95. The molecule has 0 aliphatic carbocycles. The van der Waals surface area contributed by atoms with Gasteiger partial charge in [0, 0.05) is 17.2 Å². The lowest BCUT2D eigenvalue weighted by atomic mass is 9.95. The van der Waals surface area contributed by atoms with Crippen molar-refractivity contribution in [2.24, 2.45) is 5.41 Å². The highest BCUT2D eigenvalue weighted by atomic mass is 35.5. The van der Waals surface area contributed by atoms with Crippen molar-refractivity contribution in [3.63, 3.8) is 0 Å². The fourth-order valence-corrected chi connectivity index (χ4v) is 2.69. The zero-order valence-electron chi connectivity index (χ0n) is 12.8. The zero-order valence-corrected chi connectivity index (χ0v) is 13.5. The summed E-state index contributed by atoms with van der Waals surface area (Å²) in [7, 11) is 0. The molecule has 7 heteroatoms. The van der Waals surface area contributed by atoms with Crippen LogP contribution in [-0.4, -0.2) is 32.4 Å². The number of benzene rings is 1. The minimum Gasteiger partial charge on any atom is -0.494 e. The van der Waals surface area contributed by atoms with Gasteiger partial charge in [0.2, 0.25) is 0 Å². The maximum atomic E-state index is 12.2. The van der Waals surface area contributed by atoms with Gasteiger partial charge in [0.25, 0.3) is 5.91 Å². The van der Waals surface area contributed by atoms with Crippen LogP contribution >= 0.6 is 11.6 Å². The van der Waals surface area contributed by atoms with Gasteiger partial charge in [-0.05, 0) is 31.5 Å². The first-order chi connectivity index (χ1) is 10.8. The summed E-state index contributed by atoms with van der Waals surface area (Å²) in [6.45, 7) is 4.24. The maximum absolute atomic E-state index is 12.2. The summed E-state index contributed by atoms with van der Waals surface area (Å²) < 4.78 is 1.26. The zero-order chi connectivity index (χ0) is 16.8. The van der Waals surface area contributed by atoms with Gasteiger partial charge in [-0.15, -0.1) is 0 Å². The van der Waals surface area contributed by atoms with Crippen molar-refractivity contribution >= 4 is 17.5 Å². The van der Waals surface area contributed by atoms with Crippen LogP contribution in [0.3, 0.4) is 0 Å². The molecule has 1 fully saturated rings. The van der Waals surface area contributed by atoms with Crippen LogP contribution in [0.5, 0.6) is 11.8 Å². The van der Waals surface area contributed by atoms with E-state index in [1.54, 1.807) is 18.2 Å². The molecule has 2 aromatic rings. The lowest BCUT2D eigenvalue weighted by molar-refractivity contribution is -0.165. The third-order valence-electron chi connectivity index (χ3n) is 3.84. The Bertz CT molecular complexity index is 750. The molecule has 122 valence electrons. The van der Waals surface area contributed by atoms with Crippen LogP contribution in [0.2, 0.25) is 5.02 Å². The normalized spacial score (nSPS) is 17.0. The van der Waals surface area contributed by atoms with Gasteiger partial charge in [-0.2, -0.15) is 0 Å². The lowest BCUT2D eigenvalue weighted by Gasteiger charge is -2.17. The third kappa shape index (κ3) is 2.75. The molecule has 23 heavy (non-hydrogen) atoms. The molecule has 0 radical (unpaired) electrons. The molecule has 0 spiro atoms. The molecule has 6 nitrogen and oxygen atoms in total. The van der Waals surface area contributed by atoms with Crippen LogP contribution in [0.1, 0.15) is 19.4 Å². The Morgan fingerprint density at radius 1 is 1.22 bits per heavy atom. The molecule has 1 aromatic heterocycles. The molecule has 3 rings (SSSR count). The van der Waals surface area contributed by atoms with E-state index >= 15 is 0 Å². The minimum absolute atomic E-state index is 0.0849. The van der Waals surface area contributed by atoms with Gasteiger partial charge in [-0.3, -0.25) is 14.2 Å². The Hall–Kier alpha value is -2.18. The van der Waals surface area contributed by atoms with Crippen LogP contribution in [0, 0.1) is 5.41 Å². The molecular weight excluding hydrogens is 320 g/mol. The van der Waals surface area contributed by atoms with Crippen LogP contribution in [0.15, 0.2) is 30.3 Å². The van der Waals surface area contributed by atoms with Gasteiger partial charge >= 0.3 is 0 Å². The predicted molar refractivity (Wildman–Crippen MR) is 84.4 cm³/mol. The molecule has 2 N–H and O–H groups in total. The van der Waals surface area contributed by atoms with Gasteiger partial charge < -0.3 is 10.2 Å². The number of amides is 1. The number of carbonyl (C=O) groups excluding carboxylic acids is 1. The van der Waals surface area contributed by atoms with E-state index in [4.69, 9.17) is 16.4 Å². The van der Waals surface area contributed by atoms with E-state index in [-0.39, 0.29) is 24.2 Å². The highest BCUT2D eigenvalue weighted by molar-refractivity contribution is 6.31. The predicted octanol–water partition coefficient (Wildman–Crippen LogP) is 2.84. The minimum atomic E-state index is -0.533. The summed E-state index contributed by atoms with van der Waals surface area (Å²) in [6.07, 6.45) is 0. The number of rotatable bonds is 3. The quantitative estimate of drug-likeness (QED) is 0.903. The second-order valence-electron chi connectivity index (χ2n) is 6.16. The second-order valence-corrected chi connectivity index (χ2v) is 6.57. The number of halogens is 1. The standard InChI is InChI=1S/C16H17ClN2O4/c1-16(2)9-23-18(15(16)22)8-10-3-4-11(7-12(10)17)19-13(20)5-6-14(19)21/h3-7,20-21H,8-9H2,1-2H3. The van der Waals surface area contributed by atoms with Crippen LogP contribution in [0.4, 0.5) is 0 Å². The van der Waals surface area contributed by atoms with Crippen molar-refractivity contribution in [3.05, 3.63) is 40.9 Å². The van der Waals surface area contributed by atoms with Crippen LogP contribution < -0.4 is 0 Å². The van der Waals surface area contributed by atoms with E-state index in [0.717, 1.165) is 0 Å². The number of aromatic hydroxyl groups is 2. The summed E-state index contributed by atoms with van der Waals surface area (Å²) in [4.78, 5) is 17.6. The molecule has 1 aromatic carbocycles. The smallest absolute Gasteiger partial charge is 0.254 e. The average molecular weight is 337 g/mol. The van der Waals surface area contributed by atoms with Crippen LogP contribution in [0.25, 0.3) is 5.69 Å². The number of hydroxylamine groups is 2. The van der Waals surface area contributed by atoms with Crippen molar-refractivity contribution in [2.45, 2.75) is 20.4 Å². The molecule has 1 amide bonds. The molecule has 0 saturated carbocycles.